The Hall–Kier alpha value is -4.04. The Bertz CT molecular complexity index is 1420. The van der Waals surface area contributed by atoms with Crippen molar-refractivity contribution in [3.8, 4) is 17.6 Å². The molecule has 5 heteroatoms. The van der Waals surface area contributed by atoms with Crippen LogP contribution in [0.1, 0.15) is 11.1 Å². The minimum Gasteiger partial charge on any atom is -0.318 e. The molecule has 5 rings (SSSR count). The van der Waals surface area contributed by atoms with Gasteiger partial charge >= 0.3 is 0 Å². The lowest BCUT2D eigenvalue weighted by Gasteiger charge is -2.19. The van der Waals surface area contributed by atoms with Crippen LogP contribution < -0.4 is 5.49 Å². The molecular weight excluding hydrogens is 346 g/mol. The van der Waals surface area contributed by atoms with Crippen LogP contribution in [0.15, 0.2) is 72.8 Å². The Labute approximate surface area is 161 Å². The second kappa shape index (κ2) is 6.29. The van der Waals surface area contributed by atoms with E-state index < -0.39 is 0 Å². The van der Waals surface area contributed by atoms with Crippen molar-refractivity contribution in [2.24, 2.45) is 0 Å². The van der Waals surface area contributed by atoms with Crippen molar-refractivity contribution in [2.45, 2.75) is 6.54 Å². The smallest absolute Gasteiger partial charge is 0.162 e. The first-order valence-corrected chi connectivity index (χ1v) is 8.97. The summed E-state index contributed by atoms with van der Waals surface area (Å²) in [6.45, 7) is 0.480. The lowest BCUT2D eigenvalue weighted by Crippen LogP contribution is -2.18. The Morgan fingerprint density at radius 1 is 0.857 bits per heavy atom. The topological polar surface area (TPSA) is 78.4 Å². The fourth-order valence-corrected chi connectivity index (χ4v) is 3.65. The van der Waals surface area contributed by atoms with E-state index in [0.717, 1.165) is 33.1 Å². The van der Waals surface area contributed by atoms with Gasteiger partial charge in [-0.2, -0.15) is 5.26 Å². The monoisotopic (exact) mass is 361 g/mol. The summed E-state index contributed by atoms with van der Waals surface area (Å²) in [5.74, 6) is 0.648. The number of nitrogens with one attached hydrogen (secondary N) is 1. The first-order valence-electron chi connectivity index (χ1n) is 8.97. The van der Waals surface area contributed by atoms with E-state index in [-0.39, 0.29) is 5.49 Å². The van der Waals surface area contributed by atoms with Gasteiger partial charge in [-0.05, 0) is 23.8 Å². The summed E-state index contributed by atoms with van der Waals surface area (Å²) in [7, 11) is 0. The minimum atomic E-state index is 0.225. The normalized spacial score (nSPS) is 11.1. The highest BCUT2D eigenvalue weighted by atomic mass is 15.1. The molecule has 3 aromatic carbocycles. The number of benzene rings is 3. The fourth-order valence-electron chi connectivity index (χ4n) is 3.65. The van der Waals surface area contributed by atoms with E-state index in [0.29, 0.717) is 17.9 Å². The van der Waals surface area contributed by atoms with Crippen molar-refractivity contribution in [1.82, 2.24) is 14.5 Å². The second-order valence-corrected chi connectivity index (χ2v) is 6.63. The van der Waals surface area contributed by atoms with Gasteiger partial charge in [0.2, 0.25) is 0 Å². The summed E-state index contributed by atoms with van der Waals surface area (Å²) in [6.07, 6.45) is 0. The van der Waals surface area contributed by atoms with Gasteiger partial charge in [0.05, 0.1) is 29.2 Å². The molecule has 0 unspecified atom stereocenters. The first-order chi connectivity index (χ1) is 13.8. The average molecular weight is 361 g/mol. The zero-order valence-corrected chi connectivity index (χ0v) is 14.9. The van der Waals surface area contributed by atoms with Crippen molar-refractivity contribution in [3.63, 3.8) is 0 Å². The summed E-state index contributed by atoms with van der Waals surface area (Å²) in [5, 5.41) is 19.6. The van der Waals surface area contributed by atoms with Gasteiger partial charge in [0.25, 0.3) is 0 Å². The number of fused-ring (bicyclic) bond motifs is 4. The van der Waals surface area contributed by atoms with Crippen molar-refractivity contribution < 1.29 is 0 Å². The van der Waals surface area contributed by atoms with Crippen LogP contribution in [0.3, 0.4) is 0 Å². The molecule has 132 valence electrons. The lowest BCUT2D eigenvalue weighted by atomic mass is 10.1. The molecule has 3 aromatic rings. The number of hydrogen-bond donors (Lipinski definition) is 1. The number of nitriles is 1. The molecule has 0 aromatic heterocycles. The van der Waals surface area contributed by atoms with E-state index in [1.807, 2.05) is 72.8 Å². The standard InChI is InChI=1S/C23H15N5/c24-13-15-7-1-2-8-16(15)14-28-20-12-6-5-11-19(20)26-21-17-9-3-4-10-18(17)22(25)27-23(21)28/h1-12,25H,14H2. The highest BCUT2D eigenvalue weighted by molar-refractivity contribution is 5.95. The van der Waals surface area contributed by atoms with Crippen LogP contribution in [0, 0.1) is 16.7 Å². The molecule has 0 aliphatic carbocycles. The van der Waals surface area contributed by atoms with Gasteiger partial charge in [0.1, 0.15) is 5.69 Å². The highest BCUT2D eigenvalue weighted by Crippen LogP contribution is 2.29. The summed E-state index contributed by atoms with van der Waals surface area (Å²) in [5.41, 5.74) is 4.31. The SMILES string of the molecule is N#Cc1ccccc1Cn1c2nc(=N)c3ccccc3c-2nc2ccccc21. The van der Waals surface area contributed by atoms with Crippen LogP contribution in [-0.2, 0) is 6.54 Å². The molecule has 1 N–H and O–H groups in total. The maximum Gasteiger partial charge on any atom is 0.162 e. The number of rotatable bonds is 2. The van der Waals surface area contributed by atoms with Crippen LogP contribution in [0.2, 0.25) is 0 Å². The van der Waals surface area contributed by atoms with Gasteiger partial charge in [-0.3, -0.25) is 5.41 Å². The van der Waals surface area contributed by atoms with Crippen molar-refractivity contribution in [3.05, 3.63) is 89.4 Å². The second-order valence-electron chi connectivity index (χ2n) is 6.63. The number of para-hydroxylation sites is 2. The van der Waals surface area contributed by atoms with Crippen molar-refractivity contribution >= 4 is 21.8 Å². The van der Waals surface area contributed by atoms with Gasteiger partial charge in [0, 0.05) is 10.8 Å². The molecule has 0 amide bonds. The molecule has 0 radical (unpaired) electrons. The fraction of sp³-hybridized carbons (Fsp3) is 0.0435. The average Bonchev–Trinajstić information content (AvgIpc) is 2.75. The molecule has 2 heterocycles. The maximum absolute atomic E-state index is 9.49. The predicted molar refractivity (Wildman–Crippen MR) is 108 cm³/mol. The summed E-state index contributed by atoms with van der Waals surface area (Å²) >= 11 is 0. The van der Waals surface area contributed by atoms with E-state index in [4.69, 9.17) is 10.4 Å². The quantitative estimate of drug-likeness (QED) is 0.380. The molecule has 0 atom stereocenters. The van der Waals surface area contributed by atoms with Gasteiger partial charge < -0.3 is 4.57 Å². The van der Waals surface area contributed by atoms with Gasteiger partial charge in [0.15, 0.2) is 11.3 Å². The van der Waals surface area contributed by atoms with E-state index in [1.165, 1.54) is 0 Å². The predicted octanol–water partition coefficient (Wildman–Crippen LogP) is 4.09. The van der Waals surface area contributed by atoms with E-state index in [9.17, 15) is 5.26 Å². The minimum absolute atomic E-state index is 0.225. The van der Waals surface area contributed by atoms with Crippen LogP contribution in [0.4, 0.5) is 0 Å². The largest absolute Gasteiger partial charge is 0.318 e. The van der Waals surface area contributed by atoms with Crippen molar-refractivity contribution in [1.29, 1.82) is 10.7 Å². The van der Waals surface area contributed by atoms with E-state index in [2.05, 4.69) is 15.6 Å². The summed E-state index contributed by atoms with van der Waals surface area (Å²) in [6, 6.07) is 25.5. The molecule has 2 aliphatic rings. The van der Waals surface area contributed by atoms with Crippen LogP contribution in [0.5, 0.6) is 0 Å². The molecule has 5 nitrogen and oxygen atoms in total. The third-order valence-electron chi connectivity index (χ3n) is 4.99. The van der Waals surface area contributed by atoms with E-state index >= 15 is 0 Å². The highest BCUT2D eigenvalue weighted by Gasteiger charge is 2.18. The molecule has 2 aliphatic heterocycles. The zero-order chi connectivity index (χ0) is 19.1. The lowest BCUT2D eigenvalue weighted by molar-refractivity contribution is 0.801. The van der Waals surface area contributed by atoms with Crippen LogP contribution in [0.25, 0.3) is 33.3 Å². The molecule has 0 fully saturated rings. The van der Waals surface area contributed by atoms with Gasteiger partial charge in [-0.25, -0.2) is 9.97 Å². The Kier molecular flexibility index (Phi) is 3.63. The third kappa shape index (κ3) is 2.43. The molecule has 0 saturated carbocycles. The molecule has 0 bridgehead atoms. The summed E-state index contributed by atoms with van der Waals surface area (Å²) < 4.78 is 2.05. The Morgan fingerprint density at radius 2 is 1.57 bits per heavy atom. The Morgan fingerprint density at radius 3 is 2.43 bits per heavy atom. The van der Waals surface area contributed by atoms with Crippen molar-refractivity contribution in [2.75, 3.05) is 0 Å². The third-order valence-corrected chi connectivity index (χ3v) is 4.99. The Balaban J connectivity index is 1.90. The number of aromatic nitrogens is 3. The molecule has 28 heavy (non-hydrogen) atoms. The van der Waals surface area contributed by atoms with Crippen LogP contribution in [-0.4, -0.2) is 14.5 Å². The number of hydrogen-bond acceptors (Lipinski definition) is 4. The van der Waals surface area contributed by atoms with Gasteiger partial charge in [-0.1, -0.05) is 54.6 Å². The molecule has 0 spiro atoms. The zero-order valence-electron chi connectivity index (χ0n) is 14.9. The van der Waals surface area contributed by atoms with E-state index in [1.54, 1.807) is 0 Å². The van der Waals surface area contributed by atoms with Crippen LogP contribution >= 0.6 is 0 Å². The molecule has 0 saturated heterocycles. The van der Waals surface area contributed by atoms with Gasteiger partial charge in [-0.15, -0.1) is 0 Å². The summed E-state index contributed by atoms with van der Waals surface area (Å²) in [4.78, 5) is 9.45. The molecular formula is C23H15N5. The first kappa shape index (κ1) is 16.2. The number of nitrogens with zero attached hydrogens (tertiary/aromatic N) is 4. The number of pyridine rings is 1. The maximum atomic E-state index is 9.49.